The van der Waals surface area contributed by atoms with Gasteiger partial charge in [0.15, 0.2) is 0 Å². The Morgan fingerprint density at radius 2 is 2.05 bits per heavy atom. The molecule has 1 heterocycles. The summed E-state index contributed by atoms with van der Waals surface area (Å²) in [5, 5.41) is 3.40. The van der Waals surface area contributed by atoms with Crippen molar-refractivity contribution in [3.8, 4) is 0 Å². The van der Waals surface area contributed by atoms with E-state index >= 15 is 0 Å². The average Bonchev–Trinajstić information content (AvgIpc) is 2.38. The molecule has 0 bridgehead atoms. The second-order valence-electron chi connectivity index (χ2n) is 4.76. The Morgan fingerprint density at radius 1 is 1.21 bits per heavy atom. The number of hydrogen-bond donors (Lipinski definition) is 1. The molecular formula is C15H18BrN3. The van der Waals surface area contributed by atoms with Crippen LogP contribution in [0, 0.1) is 0 Å². The molecule has 0 aliphatic heterocycles. The highest BCUT2D eigenvalue weighted by atomic mass is 79.9. The van der Waals surface area contributed by atoms with Crippen molar-refractivity contribution in [2.24, 2.45) is 0 Å². The number of aromatic nitrogens is 1. The first kappa shape index (κ1) is 14.0. The van der Waals surface area contributed by atoms with Crippen molar-refractivity contribution < 1.29 is 0 Å². The van der Waals surface area contributed by atoms with E-state index in [4.69, 9.17) is 0 Å². The van der Waals surface area contributed by atoms with E-state index in [0.29, 0.717) is 0 Å². The number of halogens is 1. The summed E-state index contributed by atoms with van der Waals surface area (Å²) in [4.78, 5) is 6.51. The van der Waals surface area contributed by atoms with E-state index in [2.05, 4.69) is 69.5 Å². The van der Waals surface area contributed by atoms with Crippen LogP contribution in [0.15, 0.2) is 47.1 Å². The third-order valence-corrected chi connectivity index (χ3v) is 3.16. The molecule has 100 valence electrons. The van der Waals surface area contributed by atoms with Gasteiger partial charge in [-0.25, -0.2) is 0 Å². The average molecular weight is 320 g/mol. The van der Waals surface area contributed by atoms with Crippen molar-refractivity contribution >= 4 is 21.6 Å². The quantitative estimate of drug-likeness (QED) is 0.914. The number of nitrogens with one attached hydrogen (secondary N) is 1. The van der Waals surface area contributed by atoms with Crippen molar-refractivity contribution in [3.63, 3.8) is 0 Å². The maximum atomic E-state index is 4.35. The third kappa shape index (κ3) is 4.65. The Balaban J connectivity index is 1.97. The predicted octanol–water partition coefficient (Wildman–Crippen LogP) is 3.52. The maximum Gasteiger partial charge on any atom is 0.0595 e. The van der Waals surface area contributed by atoms with Gasteiger partial charge >= 0.3 is 0 Å². The van der Waals surface area contributed by atoms with Gasteiger partial charge in [-0.05, 0) is 59.9 Å². The van der Waals surface area contributed by atoms with Crippen LogP contribution in [0.2, 0.25) is 0 Å². The van der Waals surface area contributed by atoms with Gasteiger partial charge in [-0.3, -0.25) is 4.98 Å². The molecule has 0 amide bonds. The summed E-state index contributed by atoms with van der Waals surface area (Å²) >= 11 is 3.39. The number of rotatable bonds is 5. The third-order valence-electron chi connectivity index (χ3n) is 2.69. The number of pyridine rings is 1. The zero-order chi connectivity index (χ0) is 13.7. The fraction of sp³-hybridized carbons (Fsp3) is 0.267. The molecule has 1 aromatic heterocycles. The fourth-order valence-electron chi connectivity index (χ4n) is 1.85. The van der Waals surface area contributed by atoms with Crippen LogP contribution >= 0.6 is 15.9 Å². The van der Waals surface area contributed by atoms with Gasteiger partial charge in [0.2, 0.25) is 0 Å². The van der Waals surface area contributed by atoms with Crippen LogP contribution in [0.5, 0.6) is 0 Å². The molecular weight excluding hydrogens is 302 g/mol. The van der Waals surface area contributed by atoms with Crippen molar-refractivity contribution in [2.75, 3.05) is 19.4 Å². The Labute approximate surface area is 122 Å². The van der Waals surface area contributed by atoms with Gasteiger partial charge in [-0.15, -0.1) is 0 Å². The molecule has 2 aromatic rings. The molecule has 0 radical (unpaired) electrons. The normalized spacial score (nSPS) is 10.7. The second-order valence-corrected chi connectivity index (χ2v) is 5.68. The Kier molecular flexibility index (Phi) is 4.93. The van der Waals surface area contributed by atoms with E-state index in [1.807, 2.05) is 18.3 Å². The first-order valence-electron chi connectivity index (χ1n) is 6.21. The second kappa shape index (κ2) is 6.68. The minimum atomic E-state index is 0.735. The molecule has 1 aromatic carbocycles. The van der Waals surface area contributed by atoms with Gasteiger partial charge < -0.3 is 10.2 Å². The van der Waals surface area contributed by atoms with E-state index in [0.717, 1.165) is 28.9 Å². The van der Waals surface area contributed by atoms with Crippen LogP contribution in [0.25, 0.3) is 0 Å². The zero-order valence-electron chi connectivity index (χ0n) is 11.2. The highest BCUT2D eigenvalue weighted by Crippen LogP contribution is 2.13. The lowest BCUT2D eigenvalue weighted by molar-refractivity contribution is 0.402. The summed E-state index contributed by atoms with van der Waals surface area (Å²) in [5.74, 6) is 0. The SMILES string of the molecule is CN(C)Cc1cccc(NCc2ccc(Br)cn2)c1. The lowest BCUT2D eigenvalue weighted by Gasteiger charge is -2.12. The number of benzene rings is 1. The molecule has 0 aliphatic carbocycles. The zero-order valence-corrected chi connectivity index (χ0v) is 12.8. The van der Waals surface area contributed by atoms with Crippen molar-refractivity contribution in [2.45, 2.75) is 13.1 Å². The first-order chi connectivity index (χ1) is 9.13. The van der Waals surface area contributed by atoms with Gasteiger partial charge in [-0.1, -0.05) is 12.1 Å². The lowest BCUT2D eigenvalue weighted by Crippen LogP contribution is -2.10. The number of hydrogen-bond acceptors (Lipinski definition) is 3. The van der Waals surface area contributed by atoms with Gasteiger partial charge in [0, 0.05) is 22.9 Å². The van der Waals surface area contributed by atoms with Crippen LogP contribution in [-0.2, 0) is 13.1 Å². The van der Waals surface area contributed by atoms with E-state index in [-0.39, 0.29) is 0 Å². The maximum absolute atomic E-state index is 4.35. The summed E-state index contributed by atoms with van der Waals surface area (Å²) < 4.78 is 1.00. The molecule has 4 heteroatoms. The summed E-state index contributed by atoms with van der Waals surface area (Å²) in [5.41, 5.74) is 3.46. The van der Waals surface area contributed by atoms with Crippen molar-refractivity contribution in [3.05, 3.63) is 58.3 Å². The van der Waals surface area contributed by atoms with Crippen LogP contribution < -0.4 is 5.32 Å². The molecule has 2 rings (SSSR count). The molecule has 0 unspecified atom stereocenters. The van der Waals surface area contributed by atoms with Crippen molar-refractivity contribution in [1.82, 2.24) is 9.88 Å². The molecule has 3 nitrogen and oxygen atoms in total. The molecule has 0 saturated heterocycles. The Bertz CT molecular complexity index is 523. The van der Waals surface area contributed by atoms with Gasteiger partial charge in [0.1, 0.15) is 0 Å². The molecule has 0 saturated carbocycles. The molecule has 1 N–H and O–H groups in total. The lowest BCUT2D eigenvalue weighted by atomic mass is 10.2. The van der Waals surface area contributed by atoms with Crippen LogP contribution in [0.1, 0.15) is 11.3 Å². The first-order valence-corrected chi connectivity index (χ1v) is 7.01. The van der Waals surface area contributed by atoms with E-state index in [1.165, 1.54) is 5.56 Å². The van der Waals surface area contributed by atoms with E-state index in [1.54, 1.807) is 0 Å². The van der Waals surface area contributed by atoms with Crippen molar-refractivity contribution in [1.29, 1.82) is 0 Å². The highest BCUT2D eigenvalue weighted by molar-refractivity contribution is 9.10. The molecule has 0 aliphatic rings. The Hall–Kier alpha value is -1.39. The predicted molar refractivity (Wildman–Crippen MR) is 83.1 cm³/mol. The standard InChI is InChI=1S/C15H18BrN3/c1-19(2)11-12-4-3-5-14(8-12)18-10-15-7-6-13(16)9-17-15/h3-9,18H,10-11H2,1-2H3. The molecule has 19 heavy (non-hydrogen) atoms. The summed E-state index contributed by atoms with van der Waals surface area (Å²) in [6, 6.07) is 12.5. The van der Waals surface area contributed by atoms with Crippen LogP contribution in [0.4, 0.5) is 5.69 Å². The van der Waals surface area contributed by atoms with Gasteiger partial charge in [-0.2, -0.15) is 0 Å². The topological polar surface area (TPSA) is 28.2 Å². The molecule has 0 fully saturated rings. The van der Waals surface area contributed by atoms with Gasteiger partial charge in [0.25, 0.3) is 0 Å². The monoisotopic (exact) mass is 319 g/mol. The summed E-state index contributed by atoms with van der Waals surface area (Å²) in [6.07, 6.45) is 1.82. The van der Waals surface area contributed by atoms with E-state index in [9.17, 15) is 0 Å². The van der Waals surface area contributed by atoms with E-state index < -0.39 is 0 Å². The minimum absolute atomic E-state index is 0.735. The summed E-state index contributed by atoms with van der Waals surface area (Å²) in [7, 11) is 4.15. The summed E-state index contributed by atoms with van der Waals surface area (Å²) in [6.45, 7) is 1.69. The largest absolute Gasteiger partial charge is 0.379 e. The van der Waals surface area contributed by atoms with Gasteiger partial charge in [0.05, 0.1) is 12.2 Å². The van der Waals surface area contributed by atoms with Crippen LogP contribution in [0.3, 0.4) is 0 Å². The number of anilines is 1. The van der Waals surface area contributed by atoms with Crippen LogP contribution in [-0.4, -0.2) is 24.0 Å². The highest BCUT2D eigenvalue weighted by Gasteiger charge is 1.99. The molecule has 0 atom stereocenters. The fourth-order valence-corrected chi connectivity index (χ4v) is 2.08. The molecule has 0 spiro atoms. The minimum Gasteiger partial charge on any atom is -0.379 e. The number of nitrogens with zero attached hydrogens (tertiary/aromatic N) is 2. The smallest absolute Gasteiger partial charge is 0.0595 e. The Morgan fingerprint density at radius 3 is 2.74 bits per heavy atom.